The molecule has 2 N–H and O–H groups in total. The Balaban J connectivity index is 2.46. The van der Waals surface area contributed by atoms with Gasteiger partial charge in [-0.1, -0.05) is 65.1 Å². The molecule has 0 saturated carbocycles. The Morgan fingerprint density at radius 1 is 1.00 bits per heavy atom. The van der Waals surface area contributed by atoms with Crippen LogP contribution in [-0.2, 0) is 6.54 Å². The normalized spacial score (nSPS) is 11.2. The minimum Gasteiger partial charge on any atom is -0.457 e. The lowest BCUT2D eigenvalue weighted by Crippen LogP contribution is -1.96. The first-order valence-electron chi connectivity index (χ1n) is 5.98. The minimum atomic E-state index is 0.253. The fourth-order valence-electron chi connectivity index (χ4n) is 2.27. The van der Waals surface area contributed by atoms with Gasteiger partial charge >= 0.3 is 0 Å². The van der Waals surface area contributed by atoms with Gasteiger partial charge in [0.25, 0.3) is 0 Å². The summed E-state index contributed by atoms with van der Waals surface area (Å²) in [6, 6.07) is 11.3. The number of benzene rings is 2. The average molecular weight is 327 g/mol. The SMILES string of the molecule is NCc1oc2c(Cl)cc(Cl)c(Cl)c2c1-c1ccccc1. The molecule has 1 aromatic heterocycles. The molecule has 20 heavy (non-hydrogen) atoms. The molecule has 0 unspecified atom stereocenters. The van der Waals surface area contributed by atoms with Crippen LogP contribution >= 0.6 is 34.8 Å². The number of nitrogens with two attached hydrogens (primary N) is 1. The summed E-state index contributed by atoms with van der Waals surface area (Å²) >= 11 is 18.6. The van der Waals surface area contributed by atoms with E-state index < -0.39 is 0 Å². The number of rotatable bonds is 2. The number of halogens is 3. The smallest absolute Gasteiger partial charge is 0.155 e. The topological polar surface area (TPSA) is 39.2 Å². The van der Waals surface area contributed by atoms with E-state index in [4.69, 9.17) is 45.0 Å². The maximum atomic E-state index is 6.33. The summed E-state index contributed by atoms with van der Waals surface area (Å²) in [4.78, 5) is 0. The van der Waals surface area contributed by atoms with Gasteiger partial charge in [-0.05, 0) is 11.6 Å². The van der Waals surface area contributed by atoms with Crippen LogP contribution in [0.5, 0.6) is 0 Å². The van der Waals surface area contributed by atoms with Crippen LogP contribution in [0.3, 0.4) is 0 Å². The lowest BCUT2D eigenvalue weighted by Gasteiger charge is -2.04. The van der Waals surface area contributed by atoms with Gasteiger partial charge in [0.1, 0.15) is 5.76 Å². The molecule has 5 heteroatoms. The van der Waals surface area contributed by atoms with Crippen LogP contribution in [0.4, 0.5) is 0 Å². The molecule has 0 aliphatic rings. The van der Waals surface area contributed by atoms with Gasteiger partial charge in [-0.15, -0.1) is 0 Å². The molecule has 0 atom stereocenters. The Hall–Kier alpha value is -1.19. The van der Waals surface area contributed by atoms with Crippen LogP contribution in [0.1, 0.15) is 5.76 Å². The zero-order chi connectivity index (χ0) is 14.3. The Kier molecular flexibility index (Phi) is 3.65. The summed E-state index contributed by atoms with van der Waals surface area (Å²) in [7, 11) is 0. The summed E-state index contributed by atoms with van der Waals surface area (Å²) in [6.45, 7) is 0.253. The highest BCUT2D eigenvalue weighted by Crippen LogP contribution is 2.44. The van der Waals surface area contributed by atoms with Gasteiger partial charge in [-0.2, -0.15) is 0 Å². The van der Waals surface area contributed by atoms with Crippen molar-refractivity contribution in [3.63, 3.8) is 0 Å². The molecular formula is C15H10Cl3NO. The highest BCUT2D eigenvalue weighted by Gasteiger charge is 2.21. The zero-order valence-electron chi connectivity index (χ0n) is 10.3. The molecule has 0 aliphatic carbocycles. The molecule has 102 valence electrons. The molecule has 0 amide bonds. The summed E-state index contributed by atoms with van der Waals surface area (Å²) in [5, 5.41) is 1.95. The van der Waals surface area contributed by atoms with Gasteiger partial charge < -0.3 is 10.2 Å². The van der Waals surface area contributed by atoms with E-state index in [1.807, 2.05) is 30.3 Å². The Morgan fingerprint density at radius 2 is 1.70 bits per heavy atom. The van der Waals surface area contributed by atoms with E-state index in [-0.39, 0.29) is 6.54 Å². The Labute approximate surface area is 131 Å². The van der Waals surface area contributed by atoms with Gasteiger partial charge in [0.05, 0.1) is 27.0 Å². The second-order valence-electron chi connectivity index (χ2n) is 4.33. The summed E-state index contributed by atoms with van der Waals surface area (Å²) in [6.07, 6.45) is 0. The molecule has 0 spiro atoms. The summed E-state index contributed by atoms with van der Waals surface area (Å²) < 4.78 is 5.77. The van der Waals surface area contributed by atoms with Gasteiger partial charge in [0, 0.05) is 5.56 Å². The van der Waals surface area contributed by atoms with Crippen molar-refractivity contribution in [2.45, 2.75) is 6.54 Å². The van der Waals surface area contributed by atoms with Crippen molar-refractivity contribution < 1.29 is 4.42 Å². The van der Waals surface area contributed by atoms with E-state index in [1.54, 1.807) is 6.07 Å². The molecule has 3 aromatic rings. The molecule has 3 rings (SSSR count). The van der Waals surface area contributed by atoms with Gasteiger partial charge in [0.15, 0.2) is 5.58 Å². The third-order valence-corrected chi connectivity index (χ3v) is 4.20. The molecule has 2 aromatic carbocycles. The van der Waals surface area contributed by atoms with Crippen LogP contribution in [0.25, 0.3) is 22.1 Å². The number of fused-ring (bicyclic) bond motifs is 1. The van der Waals surface area contributed by atoms with Crippen molar-refractivity contribution in [3.8, 4) is 11.1 Å². The first-order valence-corrected chi connectivity index (χ1v) is 7.11. The zero-order valence-corrected chi connectivity index (χ0v) is 12.6. The van der Waals surface area contributed by atoms with E-state index in [0.29, 0.717) is 31.8 Å². The van der Waals surface area contributed by atoms with E-state index in [9.17, 15) is 0 Å². The fraction of sp³-hybridized carbons (Fsp3) is 0.0667. The van der Waals surface area contributed by atoms with E-state index in [0.717, 1.165) is 11.1 Å². The number of furan rings is 1. The quantitative estimate of drug-likeness (QED) is 0.630. The van der Waals surface area contributed by atoms with E-state index in [2.05, 4.69) is 0 Å². The largest absolute Gasteiger partial charge is 0.457 e. The highest BCUT2D eigenvalue weighted by molar-refractivity contribution is 6.48. The van der Waals surface area contributed by atoms with Crippen molar-refractivity contribution in [1.29, 1.82) is 0 Å². The summed E-state index contributed by atoms with van der Waals surface area (Å²) in [5.41, 5.74) is 8.10. The third-order valence-electron chi connectivity index (χ3n) is 3.13. The standard InChI is InChI=1S/C15H10Cl3NO/c16-9-6-10(17)15-13(14(9)18)12(11(7-19)20-15)8-4-2-1-3-5-8/h1-6H,7,19H2. The number of hydrogen-bond acceptors (Lipinski definition) is 2. The molecule has 0 saturated heterocycles. The highest BCUT2D eigenvalue weighted by atomic mass is 35.5. The van der Waals surface area contributed by atoms with Crippen LogP contribution in [0, 0.1) is 0 Å². The van der Waals surface area contributed by atoms with Crippen LogP contribution < -0.4 is 5.73 Å². The fourth-order valence-corrected chi connectivity index (χ4v) is 3.01. The molecule has 0 fully saturated rings. The lowest BCUT2D eigenvalue weighted by molar-refractivity contribution is 0.554. The Bertz CT molecular complexity index is 781. The first-order chi connectivity index (χ1) is 9.63. The second-order valence-corrected chi connectivity index (χ2v) is 5.52. The van der Waals surface area contributed by atoms with Crippen LogP contribution in [0.15, 0.2) is 40.8 Å². The molecule has 1 heterocycles. The van der Waals surface area contributed by atoms with E-state index in [1.165, 1.54) is 0 Å². The third kappa shape index (κ3) is 2.09. The molecule has 2 nitrogen and oxygen atoms in total. The molecule has 0 radical (unpaired) electrons. The minimum absolute atomic E-state index is 0.253. The van der Waals surface area contributed by atoms with Crippen molar-refractivity contribution >= 4 is 45.8 Å². The number of hydrogen-bond donors (Lipinski definition) is 1. The predicted octanol–water partition coefficient (Wildman–Crippen LogP) is 5.52. The maximum Gasteiger partial charge on any atom is 0.155 e. The monoisotopic (exact) mass is 325 g/mol. The van der Waals surface area contributed by atoms with Crippen molar-refractivity contribution in [2.75, 3.05) is 0 Å². The van der Waals surface area contributed by atoms with Gasteiger partial charge in [-0.25, -0.2) is 0 Å². The average Bonchev–Trinajstić information content (AvgIpc) is 2.86. The predicted molar refractivity (Wildman–Crippen MR) is 84.6 cm³/mol. The molecule has 0 bridgehead atoms. The Morgan fingerprint density at radius 3 is 2.35 bits per heavy atom. The first kappa shape index (κ1) is 13.8. The van der Waals surface area contributed by atoms with E-state index >= 15 is 0 Å². The molecule has 0 aliphatic heterocycles. The molecular weight excluding hydrogens is 317 g/mol. The van der Waals surface area contributed by atoms with Crippen molar-refractivity contribution in [3.05, 3.63) is 57.2 Å². The summed E-state index contributed by atoms with van der Waals surface area (Å²) in [5.74, 6) is 0.636. The second kappa shape index (κ2) is 5.30. The van der Waals surface area contributed by atoms with Crippen LogP contribution in [0.2, 0.25) is 15.1 Å². The van der Waals surface area contributed by atoms with Crippen molar-refractivity contribution in [2.24, 2.45) is 5.73 Å². The lowest BCUT2D eigenvalue weighted by atomic mass is 10.0. The van der Waals surface area contributed by atoms with Crippen molar-refractivity contribution in [1.82, 2.24) is 0 Å². The van der Waals surface area contributed by atoms with Crippen LogP contribution in [-0.4, -0.2) is 0 Å². The van der Waals surface area contributed by atoms with Gasteiger partial charge in [0.2, 0.25) is 0 Å². The maximum absolute atomic E-state index is 6.33. The van der Waals surface area contributed by atoms with Gasteiger partial charge in [-0.3, -0.25) is 0 Å².